The minimum Gasteiger partial charge on any atom is -0.326 e. The fraction of sp³-hybridized carbons (Fsp3) is 0.938. The predicted octanol–water partition coefficient (Wildman–Crippen LogP) is 5.59. The second kappa shape index (κ2) is 16.0. The van der Waals surface area contributed by atoms with E-state index in [0.29, 0.717) is 0 Å². The molecule has 0 bridgehead atoms. The highest BCUT2D eigenvalue weighted by Gasteiger charge is 1.93. The largest absolute Gasteiger partial charge is 0.326 e. The van der Waals surface area contributed by atoms with Crippen molar-refractivity contribution in [2.75, 3.05) is 0 Å². The Morgan fingerprint density at radius 1 is 0.588 bits per heavy atom. The summed E-state index contributed by atoms with van der Waals surface area (Å²) in [6.07, 6.45) is 19.6. The van der Waals surface area contributed by atoms with Gasteiger partial charge >= 0.3 is 0 Å². The van der Waals surface area contributed by atoms with Gasteiger partial charge in [0.15, 0.2) is 0 Å². The minimum absolute atomic E-state index is 1.10. The molecule has 1 radical (unpaired) electrons. The molecule has 0 amide bonds. The van der Waals surface area contributed by atoms with Gasteiger partial charge in [-0.05, 0) is 6.42 Å². The SMILES string of the molecule is CCCCCCCCCCCCCCC[CH]N. The van der Waals surface area contributed by atoms with Crippen LogP contribution in [0, 0.1) is 6.54 Å². The Morgan fingerprint density at radius 3 is 1.29 bits per heavy atom. The average Bonchev–Trinajstić information content (AvgIpc) is 2.35. The van der Waals surface area contributed by atoms with E-state index < -0.39 is 0 Å². The van der Waals surface area contributed by atoms with Crippen molar-refractivity contribution in [3.05, 3.63) is 6.54 Å². The van der Waals surface area contributed by atoms with E-state index >= 15 is 0 Å². The van der Waals surface area contributed by atoms with Crippen LogP contribution in [0.3, 0.4) is 0 Å². The molecule has 0 rings (SSSR count). The zero-order valence-corrected chi connectivity index (χ0v) is 12.1. The predicted molar refractivity (Wildman–Crippen MR) is 78.8 cm³/mol. The third-order valence-corrected chi connectivity index (χ3v) is 3.47. The lowest BCUT2D eigenvalue weighted by Crippen LogP contribution is -1.89. The van der Waals surface area contributed by atoms with Crippen LogP contribution in [0.1, 0.15) is 96.8 Å². The smallest absolute Gasteiger partial charge is 0.0192 e. The van der Waals surface area contributed by atoms with E-state index in [1.54, 1.807) is 6.54 Å². The zero-order chi connectivity index (χ0) is 12.6. The van der Waals surface area contributed by atoms with Crippen LogP contribution in [0.4, 0.5) is 0 Å². The Balaban J connectivity index is 2.85. The van der Waals surface area contributed by atoms with Gasteiger partial charge in [0, 0.05) is 6.54 Å². The van der Waals surface area contributed by atoms with Gasteiger partial charge in [0.1, 0.15) is 0 Å². The van der Waals surface area contributed by atoms with Gasteiger partial charge in [-0.25, -0.2) is 0 Å². The summed E-state index contributed by atoms with van der Waals surface area (Å²) in [5.74, 6) is 0. The zero-order valence-electron chi connectivity index (χ0n) is 12.1. The lowest BCUT2D eigenvalue weighted by atomic mass is 10.0. The van der Waals surface area contributed by atoms with Crippen LogP contribution in [-0.4, -0.2) is 0 Å². The van der Waals surface area contributed by atoms with Crippen LogP contribution in [-0.2, 0) is 0 Å². The Hall–Kier alpha value is -0.0400. The van der Waals surface area contributed by atoms with Gasteiger partial charge in [-0.3, -0.25) is 0 Å². The molecular formula is C16H34N. The van der Waals surface area contributed by atoms with Crippen molar-refractivity contribution < 1.29 is 0 Å². The molecule has 17 heavy (non-hydrogen) atoms. The molecule has 0 aromatic carbocycles. The average molecular weight is 240 g/mol. The summed E-state index contributed by atoms with van der Waals surface area (Å²) in [6, 6.07) is 0. The van der Waals surface area contributed by atoms with Crippen LogP contribution < -0.4 is 5.73 Å². The second-order valence-electron chi connectivity index (χ2n) is 5.27. The molecule has 0 aromatic heterocycles. The van der Waals surface area contributed by atoms with Gasteiger partial charge in [0.25, 0.3) is 0 Å². The maximum absolute atomic E-state index is 5.34. The topological polar surface area (TPSA) is 26.0 Å². The van der Waals surface area contributed by atoms with Crippen molar-refractivity contribution in [3.63, 3.8) is 0 Å². The van der Waals surface area contributed by atoms with Gasteiger partial charge in [-0.15, -0.1) is 0 Å². The normalized spacial score (nSPS) is 10.9. The lowest BCUT2D eigenvalue weighted by Gasteiger charge is -2.02. The van der Waals surface area contributed by atoms with E-state index in [2.05, 4.69) is 6.92 Å². The van der Waals surface area contributed by atoms with Crippen LogP contribution in [0.2, 0.25) is 0 Å². The molecule has 1 nitrogen and oxygen atoms in total. The minimum atomic E-state index is 1.10. The highest BCUT2D eigenvalue weighted by Crippen LogP contribution is 2.12. The van der Waals surface area contributed by atoms with Crippen molar-refractivity contribution in [2.45, 2.75) is 96.8 Å². The molecule has 2 N–H and O–H groups in total. The standard InChI is InChI=1S/C16H34N/c1-2-3-4-5-6-7-8-9-10-11-12-13-14-15-16-17/h16H,2-15,17H2,1H3. The number of hydrogen-bond acceptors (Lipinski definition) is 1. The van der Waals surface area contributed by atoms with Crippen LogP contribution >= 0.6 is 0 Å². The Bertz CT molecular complexity index is 109. The van der Waals surface area contributed by atoms with Gasteiger partial charge < -0.3 is 5.73 Å². The molecule has 1 heteroatoms. The second-order valence-corrected chi connectivity index (χ2v) is 5.27. The molecule has 0 atom stereocenters. The van der Waals surface area contributed by atoms with Gasteiger partial charge in [-0.2, -0.15) is 0 Å². The monoisotopic (exact) mass is 240 g/mol. The summed E-state index contributed by atoms with van der Waals surface area (Å²) < 4.78 is 0. The summed E-state index contributed by atoms with van der Waals surface area (Å²) >= 11 is 0. The molecule has 0 saturated carbocycles. The van der Waals surface area contributed by atoms with E-state index in [0.717, 1.165) is 6.42 Å². The first kappa shape index (κ1) is 17.0. The van der Waals surface area contributed by atoms with Crippen molar-refractivity contribution >= 4 is 0 Å². The van der Waals surface area contributed by atoms with Crippen LogP contribution in [0.15, 0.2) is 0 Å². The van der Waals surface area contributed by atoms with Crippen LogP contribution in [0.25, 0.3) is 0 Å². The number of hydrogen-bond donors (Lipinski definition) is 1. The van der Waals surface area contributed by atoms with E-state index in [1.165, 1.54) is 83.5 Å². The first-order valence-corrected chi connectivity index (χ1v) is 7.95. The fourth-order valence-corrected chi connectivity index (χ4v) is 2.28. The van der Waals surface area contributed by atoms with Gasteiger partial charge in [0.2, 0.25) is 0 Å². The lowest BCUT2D eigenvalue weighted by molar-refractivity contribution is 0.539. The van der Waals surface area contributed by atoms with Crippen molar-refractivity contribution in [1.29, 1.82) is 0 Å². The van der Waals surface area contributed by atoms with E-state index in [9.17, 15) is 0 Å². The van der Waals surface area contributed by atoms with Crippen molar-refractivity contribution in [1.82, 2.24) is 0 Å². The maximum atomic E-state index is 5.34. The summed E-state index contributed by atoms with van der Waals surface area (Å²) in [5, 5.41) is 0. The highest BCUT2D eigenvalue weighted by molar-refractivity contribution is 4.54. The first-order chi connectivity index (χ1) is 8.41. The molecule has 0 unspecified atom stereocenters. The van der Waals surface area contributed by atoms with E-state index in [-0.39, 0.29) is 0 Å². The first-order valence-electron chi connectivity index (χ1n) is 7.95. The molecule has 0 aliphatic carbocycles. The van der Waals surface area contributed by atoms with Crippen LogP contribution in [0.5, 0.6) is 0 Å². The number of unbranched alkanes of at least 4 members (excludes halogenated alkanes) is 13. The molecular weight excluding hydrogens is 206 g/mol. The molecule has 0 saturated heterocycles. The highest BCUT2D eigenvalue weighted by atomic mass is 14.5. The van der Waals surface area contributed by atoms with Crippen molar-refractivity contribution in [2.24, 2.45) is 5.73 Å². The third kappa shape index (κ3) is 16.0. The Labute approximate surface area is 110 Å². The van der Waals surface area contributed by atoms with E-state index in [4.69, 9.17) is 5.73 Å². The third-order valence-electron chi connectivity index (χ3n) is 3.47. The number of nitrogens with two attached hydrogens (primary N) is 1. The van der Waals surface area contributed by atoms with Crippen molar-refractivity contribution in [3.8, 4) is 0 Å². The molecule has 0 aromatic rings. The summed E-state index contributed by atoms with van der Waals surface area (Å²) in [7, 11) is 0. The Morgan fingerprint density at radius 2 is 0.941 bits per heavy atom. The van der Waals surface area contributed by atoms with Gasteiger partial charge in [-0.1, -0.05) is 90.4 Å². The molecule has 0 heterocycles. The summed E-state index contributed by atoms with van der Waals surface area (Å²) in [5.41, 5.74) is 5.34. The fourth-order valence-electron chi connectivity index (χ4n) is 2.28. The summed E-state index contributed by atoms with van der Waals surface area (Å²) in [4.78, 5) is 0. The van der Waals surface area contributed by atoms with E-state index in [1.807, 2.05) is 0 Å². The maximum Gasteiger partial charge on any atom is 0.0192 e. The molecule has 0 aliphatic rings. The molecule has 0 aliphatic heterocycles. The summed E-state index contributed by atoms with van der Waals surface area (Å²) in [6.45, 7) is 4.07. The van der Waals surface area contributed by atoms with Gasteiger partial charge in [0.05, 0.1) is 0 Å². The quantitative estimate of drug-likeness (QED) is 0.394. The molecule has 0 fully saturated rings. The molecule has 103 valence electrons. The Kier molecular flexibility index (Phi) is 15.9. The molecule has 0 spiro atoms. The number of rotatable bonds is 14.